The molecule has 4 atom stereocenters. The molecule has 14 nitrogen and oxygen atoms in total. The van der Waals surface area contributed by atoms with Crippen molar-refractivity contribution in [3.8, 4) is 23.0 Å². The van der Waals surface area contributed by atoms with Gasteiger partial charge in [0.2, 0.25) is 0 Å². The minimum atomic E-state index is -1.28. The maximum Gasteiger partial charge on any atom is 0.289 e. The van der Waals surface area contributed by atoms with E-state index >= 15 is 0 Å². The summed E-state index contributed by atoms with van der Waals surface area (Å²) in [7, 11) is 0. The lowest BCUT2D eigenvalue weighted by Gasteiger charge is -2.27. The van der Waals surface area contributed by atoms with Crippen molar-refractivity contribution >= 4 is 35.4 Å². The molecule has 0 saturated heterocycles. The fraction of sp³-hybridized carbons (Fsp3) is 0.182. The van der Waals surface area contributed by atoms with Gasteiger partial charge < -0.3 is 18.9 Å². The number of imide groups is 2. The van der Waals surface area contributed by atoms with E-state index in [1.807, 2.05) is 0 Å². The number of amides is 6. The van der Waals surface area contributed by atoms with Gasteiger partial charge in [-0.15, -0.1) is 0 Å². The van der Waals surface area contributed by atoms with Crippen molar-refractivity contribution in [3.05, 3.63) is 157 Å². The summed E-state index contributed by atoms with van der Waals surface area (Å²) in [5, 5.41) is 0.959. The molecule has 14 heteroatoms. The van der Waals surface area contributed by atoms with Gasteiger partial charge in [0.15, 0.2) is 24.4 Å². The Labute approximate surface area is 335 Å². The zero-order valence-corrected chi connectivity index (χ0v) is 32.1. The predicted molar refractivity (Wildman–Crippen MR) is 211 cm³/mol. The molecule has 0 heterocycles. The normalized spacial score (nSPS) is 12.6. The summed E-state index contributed by atoms with van der Waals surface area (Å²) in [6, 6.07) is 38.8. The smallest absolute Gasteiger partial charge is 0.289 e. The van der Waals surface area contributed by atoms with E-state index in [9.17, 15) is 28.8 Å². The third-order valence-electron chi connectivity index (χ3n) is 8.31. The van der Waals surface area contributed by atoms with Crippen LogP contribution in [0.2, 0.25) is 0 Å². The van der Waals surface area contributed by atoms with Crippen LogP contribution in [0.3, 0.4) is 0 Å². The number of nitrogens with one attached hydrogen (secondary N) is 2. The van der Waals surface area contributed by atoms with Crippen LogP contribution in [0.5, 0.6) is 23.0 Å². The highest BCUT2D eigenvalue weighted by Crippen LogP contribution is 2.18. The first kappa shape index (κ1) is 41.7. The molecule has 0 aliphatic heterocycles. The Hall–Kier alpha value is -7.48. The number of hydrogen-bond acceptors (Lipinski definition) is 10. The Balaban J connectivity index is 1.42. The van der Waals surface area contributed by atoms with E-state index in [0.29, 0.717) is 33.0 Å². The highest BCUT2D eigenvalue weighted by molar-refractivity contribution is 6.10. The summed E-state index contributed by atoms with van der Waals surface area (Å²) < 4.78 is 23.0. The first-order valence-corrected chi connectivity index (χ1v) is 18.3. The Kier molecular flexibility index (Phi) is 14.3. The molecule has 0 aromatic heterocycles. The van der Waals surface area contributed by atoms with Crippen molar-refractivity contribution in [2.24, 2.45) is 0 Å². The van der Waals surface area contributed by atoms with E-state index in [4.69, 9.17) is 18.9 Å². The Morgan fingerprint density at radius 2 is 0.672 bits per heavy atom. The lowest BCUT2D eigenvalue weighted by molar-refractivity contribution is -0.145. The van der Waals surface area contributed by atoms with E-state index < -0.39 is 59.9 Å². The van der Waals surface area contributed by atoms with Gasteiger partial charge in [-0.2, -0.15) is 10.0 Å². The van der Waals surface area contributed by atoms with Crippen molar-refractivity contribution in [2.45, 2.75) is 52.1 Å². The quantitative estimate of drug-likeness (QED) is 0.136. The molecule has 4 unspecified atom stereocenters. The number of ether oxygens (including phenoxy) is 4. The molecule has 5 rings (SSSR count). The number of carbonyl (C=O) groups is 6. The molecule has 0 saturated carbocycles. The van der Waals surface area contributed by atoms with E-state index in [0.717, 1.165) is 6.07 Å². The Bertz CT molecular complexity index is 2040. The van der Waals surface area contributed by atoms with Crippen LogP contribution >= 0.6 is 0 Å². The van der Waals surface area contributed by atoms with Gasteiger partial charge in [-0.1, -0.05) is 78.9 Å². The van der Waals surface area contributed by atoms with Gasteiger partial charge in [0.1, 0.15) is 23.0 Å². The molecule has 0 spiro atoms. The second-order valence-electron chi connectivity index (χ2n) is 12.8. The van der Waals surface area contributed by atoms with E-state index in [1.165, 1.54) is 45.9 Å². The van der Waals surface area contributed by atoms with Crippen molar-refractivity contribution in [3.63, 3.8) is 0 Å². The van der Waals surface area contributed by atoms with Gasteiger partial charge in [0.25, 0.3) is 35.4 Å². The van der Waals surface area contributed by atoms with Crippen molar-refractivity contribution in [1.29, 1.82) is 0 Å². The molecular formula is C44H42N4O10. The Morgan fingerprint density at radius 1 is 0.397 bits per heavy atom. The minimum Gasteiger partial charge on any atom is -0.481 e. The van der Waals surface area contributed by atoms with E-state index in [1.54, 1.807) is 121 Å². The van der Waals surface area contributed by atoms with Crippen LogP contribution in [0.25, 0.3) is 0 Å². The fourth-order valence-corrected chi connectivity index (χ4v) is 5.24. The molecule has 2 N–H and O–H groups in total. The standard InChI is InChI=1S/C44H42N4O10/c1-29(55-35-20-9-5-10-21-35)39(49)45-47(41(51)31(3)57-37-24-13-7-14-25-37)43(53)33-18-17-19-34(28-33)44(54)48(42(52)32(4)58-38-26-15-8-16-27-38)46-40(50)30(2)56-36-22-11-6-12-23-36/h5-32H,1-4H3,(H,45,49)(H,46,50). The summed E-state index contributed by atoms with van der Waals surface area (Å²) in [5.74, 6) is -4.27. The van der Waals surface area contributed by atoms with Gasteiger partial charge in [-0.25, -0.2) is 0 Å². The van der Waals surface area contributed by atoms with E-state index in [2.05, 4.69) is 10.9 Å². The number of carbonyl (C=O) groups excluding carboxylic acids is 6. The number of hydrogen-bond donors (Lipinski definition) is 2. The van der Waals surface area contributed by atoms with Gasteiger partial charge in [-0.05, 0) is 94.4 Å². The maximum absolute atomic E-state index is 14.2. The minimum absolute atomic E-state index is 0.240. The molecule has 0 aliphatic carbocycles. The number of nitrogens with zero attached hydrogens (tertiary/aromatic N) is 2. The molecule has 5 aromatic carbocycles. The van der Waals surface area contributed by atoms with Crippen LogP contribution in [0.15, 0.2) is 146 Å². The first-order chi connectivity index (χ1) is 27.9. The molecule has 298 valence electrons. The third kappa shape index (κ3) is 11.3. The summed E-state index contributed by atoms with van der Waals surface area (Å²) in [6.45, 7) is 5.68. The third-order valence-corrected chi connectivity index (χ3v) is 8.31. The SMILES string of the molecule is CC(Oc1ccccc1)C(=O)NN(C(=O)c1cccc(C(=O)N(NC(=O)C(C)Oc2ccccc2)C(=O)C(C)Oc2ccccc2)c1)C(=O)C(C)Oc1ccccc1. The van der Waals surface area contributed by atoms with Crippen molar-refractivity contribution in [2.75, 3.05) is 0 Å². The lowest BCUT2D eigenvalue weighted by Crippen LogP contribution is -2.56. The zero-order valence-electron chi connectivity index (χ0n) is 32.1. The lowest BCUT2D eigenvalue weighted by atomic mass is 10.1. The average molecular weight is 787 g/mol. The number of benzene rings is 5. The first-order valence-electron chi connectivity index (χ1n) is 18.3. The summed E-state index contributed by atoms with van der Waals surface area (Å²) in [6.07, 6.45) is -4.90. The van der Waals surface area contributed by atoms with Crippen LogP contribution in [-0.4, -0.2) is 69.9 Å². The second-order valence-corrected chi connectivity index (χ2v) is 12.8. The zero-order chi connectivity index (χ0) is 41.6. The van der Waals surface area contributed by atoms with Crippen LogP contribution in [0, 0.1) is 0 Å². The molecular weight excluding hydrogens is 745 g/mol. The summed E-state index contributed by atoms with van der Waals surface area (Å²) >= 11 is 0. The molecule has 5 aromatic rings. The highest BCUT2D eigenvalue weighted by atomic mass is 16.5. The monoisotopic (exact) mass is 786 g/mol. The number of hydrazine groups is 2. The van der Waals surface area contributed by atoms with E-state index in [-0.39, 0.29) is 11.1 Å². The van der Waals surface area contributed by atoms with Gasteiger partial charge in [0.05, 0.1) is 0 Å². The van der Waals surface area contributed by atoms with Crippen LogP contribution in [0.4, 0.5) is 0 Å². The topological polar surface area (TPSA) is 170 Å². The van der Waals surface area contributed by atoms with Crippen LogP contribution in [0.1, 0.15) is 48.4 Å². The molecule has 0 radical (unpaired) electrons. The van der Waals surface area contributed by atoms with Crippen LogP contribution < -0.4 is 29.8 Å². The summed E-state index contributed by atoms with van der Waals surface area (Å²) in [5.41, 5.74) is 4.20. The molecule has 58 heavy (non-hydrogen) atoms. The average Bonchev–Trinajstić information content (AvgIpc) is 3.25. The summed E-state index contributed by atoms with van der Waals surface area (Å²) in [4.78, 5) is 82.9. The molecule has 6 amide bonds. The molecule has 0 bridgehead atoms. The van der Waals surface area contributed by atoms with Gasteiger partial charge in [-0.3, -0.25) is 39.6 Å². The number of para-hydroxylation sites is 4. The molecule has 0 aliphatic rings. The highest BCUT2D eigenvalue weighted by Gasteiger charge is 2.35. The van der Waals surface area contributed by atoms with Crippen LogP contribution in [-0.2, 0) is 19.2 Å². The fourth-order valence-electron chi connectivity index (χ4n) is 5.24. The van der Waals surface area contributed by atoms with Crippen molar-refractivity contribution < 1.29 is 47.7 Å². The largest absolute Gasteiger partial charge is 0.481 e. The maximum atomic E-state index is 14.2. The van der Waals surface area contributed by atoms with Gasteiger partial charge >= 0.3 is 0 Å². The van der Waals surface area contributed by atoms with Gasteiger partial charge in [0, 0.05) is 11.1 Å². The number of rotatable bonds is 14. The second kappa shape index (κ2) is 19.9. The van der Waals surface area contributed by atoms with Crippen molar-refractivity contribution in [1.82, 2.24) is 20.9 Å². The molecule has 0 fully saturated rings. The predicted octanol–water partition coefficient (Wildman–Crippen LogP) is 5.56. The Morgan fingerprint density at radius 3 is 0.966 bits per heavy atom.